The van der Waals surface area contributed by atoms with Crippen molar-refractivity contribution >= 4 is 0 Å². The van der Waals surface area contributed by atoms with Crippen LogP contribution in [0.3, 0.4) is 0 Å². The molecule has 9 heavy (non-hydrogen) atoms. The molecule has 1 saturated heterocycles. The zero-order chi connectivity index (χ0) is 6.85. The largest absolute Gasteiger partial charge is 0.373 e. The molecule has 0 aromatic rings. The lowest BCUT2D eigenvalue weighted by Crippen LogP contribution is -2.40. The molecule has 1 heterocycles. The number of nitrogens with zero attached hydrogens (tertiary/aromatic N) is 1. The molecule has 0 bridgehead atoms. The summed E-state index contributed by atoms with van der Waals surface area (Å²) in [5.41, 5.74) is 0. The molecule has 2 atom stereocenters. The third-order valence-corrected chi connectivity index (χ3v) is 1.38. The summed E-state index contributed by atoms with van der Waals surface area (Å²) in [5, 5.41) is 0.804. The number of rotatable bonds is 0. The number of hydrogen-bond donors (Lipinski definition) is 0. The summed E-state index contributed by atoms with van der Waals surface area (Å²) < 4.78 is 17.7. The molecule has 0 N–H and O–H groups in total. The van der Waals surface area contributed by atoms with E-state index >= 15 is 0 Å². The van der Waals surface area contributed by atoms with E-state index in [1.54, 1.807) is 0 Å². The average molecular weight is 133 g/mol. The van der Waals surface area contributed by atoms with Gasteiger partial charge in [-0.25, -0.2) is 0 Å². The Hall–Kier alpha value is -0.150. The van der Waals surface area contributed by atoms with Gasteiger partial charge in [0.2, 0.25) is 0 Å². The maximum atomic E-state index is 12.4. The van der Waals surface area contributed by atoms with E-state index in [1.807, 2.05) is 13.8 Å². The van der Waals surface area contributed by atoms with E-state index in [0.717, 1.165) is 5.12 Å². The molecule has 0 aromatic heterocycles. The Morgan fingerprint density at radius 3 is 2.11 bits per heavy atom. The first-order valence-electron chi connectivity index (χ1n) is 3.24. The molecule has 1 fully saturated rings. The van der Waals surface area contributed by atoms with Gasteiger partial charge in [0.25, 0.3) is 0 Å². The smallest absolute Gasteiger partial charge is 0.0704 e. The van der Waals surface area contributed by atoms with Crippen LogP contribution >= 0.6 is 0 Å². The summed E-state index contributed by atoms with van der Waals surface area (Å²) in [5.74, 6) is 0. The van der Waals surface area contributed by atoms with E-state index in [2.05, 4.69) is 0 Å². The lowest BCUT2D eigenvalue weighted by molar-refractivity contribution is -0.134. The standard InChI is InChI=1S/C6H12FNO/c1-5-3-8(7)4-6(2)9-5/h5-6H,3-4H2,1-2H3. The highest BCUT2D eigenvalue weighted by atomic mass is 19.2. The number of hydrogen-bond acceptors (Lipinski definition) is 2. The molecule has 0 amide bonds. The normalized spacial score (nSPS) is 39.0. The van der Waals surface area contributed by atoms with Crippen molar-refractivity contribution in [3.8, 4) is 0 Å². The quantitative estimate of drug-likeness (QED) is 0.457. The van der Waals surface area contributed by atoms with Crippen molar-refractivity contribution in [2.75, 3.05) is 13.1 Å². The highest BCUT2D eigenvalue weighted by molar-refractivity contribution is 4.66. The zero-order valence-electron chi connectivity index (χ0n) is 5.80. The number of halogens is 1. The second-order valence-corrected chi connectivity index (χ2v) is 2.59. The monoisotopic (exact) mass is 133 g/mol. The number of morpholine rings is 1. The molecule has 0 radical (unpaired) electrons. The van der Waals surface area contributed by atoms with Gasteiger partial charge in [0.15, 0.2) is 0 Å². The van der Waals surface area contributed by atoms with Gasteiger partial charge < -0.3 is 4.74 Å². The van der Waals surface area contributed by atoms with E-state index in [1.165, 1.54) is 0 Å². The van der Waals surface area contributed by atoms with Gasteiger partial charge in [-0.15, -0.1) is 9.60 Å². The van der Waals surface area contributed by atoms with Crippen LogP contribution in [0.25, 0.3) is 0 Å². The molecule has 3 heteroatoms. The Morgan fingerprint density at radius 1 is 1.33 bits per heavy atom. The van der Waals surface area contributed by atoms with Crippen molar-refractivity contribution < 1.29 is 9.22 Å². The highest BCUT2D eigenvalue weighted by Gasteiger charge is 2.21. The summed E-state index contributed by atoms with van der Waals surface area (Å²) in [6.07, 6.45) is 0.0810. The van der Waals surface area contributed by atoms with Crippen molar-refractivity contribution in [1.82, 2.24) is 5.12 Å². The molecule has 0 saturated carbocycles. The molecule has 0 aliphatic carbocycles. The first-order chi connectivity index (χ1) is 4.18. The highest BCUT2D eigenvalue weighted by Crippen LogP contribution is 2.09. The van der Waals surface area contributed by atoms with Crippen molar-refractivity contribution in [3.63, 3.8) is 0 Å². The first kappa shape index (κ1) is 6.96. The maximum Gasteiger partial charge on any atom is 0.0704 e. The predicted molar refractivity (Wildman–Crippen MR) is 32.7 cm³/mol. The first-order valence-corrected chi connectivity index (χ1v) is 3.24. The second-order valence-electron chi connectivity index (χ2n) is 2.59. The number of ether oxygens (including phenoxy) is 1. The fourth-order valence-electron chi connectivity index (χ4n) is 1.12. The van der Waals surface area contributed by atoms with Crippen LogP contribution in [0.4, 0.5) is 4.48 Å². The fraction of sp³-hybridized carbons (Fsp3) is 1.00. The Morgan fingerprint density at radius 2 is 1.78 bits per heavy atom. The van der Waals surface area contributed by atoms with Gasteiger partial charge in [0.1, 0.15) is 0 Å². The molecule has 54 valence electrons. The molecule has 0 spiro atoms. The summed E-state index contributed by atoms with van der Waals surface area (Å²) in [7, 11) is 0. The third kappa shape index (κ3) is 1.91. The molecule has 2 nitrogen and oxygen atoms in total. The lowest BCUT2D eigenvalue weighted by Gasteiger charge is -2.29. The Labute approximate surface area is 54.5 Å². The van der Waals surface area contributed by atoms with E-state index in [4.69, 9.17) is 4.74 Å². The van der Waals surface area contributed by atoms with Crippen LogP contribution in [0.1, 0.15) is 13.8 Å². The Kier molecular flexibility index (Phi) is 2.03. The summed E-state index contributed by atoms with van der Waals surface area (Å²) in [4.78, 5) is 0. The van der Waals surface area contributed by atoms with Crippen LogP contribution in [0.15, 0.2) is 0 Å². The van der Waals surface area contributed by atoms with Crippen LogP contribution in [0, 0.1) is 0 Å². The molecule has 1 rings (SSSR count). The molecule has 1 aliphatic heterocycles. The van der Waals surface area contributed by atoms with Crippen LogP contribution in [0.2, 0.25) is 0 Å². The van der Waals surface area contributed by atoms with Crippen molar-refractivity contribution in [2.24, 2.45) is 0 Å². The summed E-state index contributed by atoms with van der Waals surface area (Å²) in [6, 6.07) is 0. The van der Waals surface area contributed by atoms with Crippen LogP contribution < -0.4 is 0 Å². The second kappa shape index (κ2) is 2.62. The minimum atomic E-state index is 0.0405. The van der Waals surface area contributed by atoms with Gasteiger partial charge >= 0.3 is 0 Å². The maximum absolute atomic E-state index is 12.4. The van der Waals surface area contributed by atoms with E-state index in [9.17, 15) is 4.48 Å². The van der Waals surface area contributed by atoms with Crippen molar-refractivity contribution in [1.29, 1.82) is 0 Å². The van der Waals surface area contributed by atoms with Gasteiger partial charge in [-0.2, -0.15) is 0 Å². The minimum absolute atomic E-state index is 0.0405. The van der Waals surface area contributed by atoms with E-state index in [-0.39, 0.29) is 12.2 Å². The van der Waals surface area contributed by atoms with E-state index < -0.39 is 0 Å². The molecule has 2 unspecified atom stereocenters. The van der Waals surface area contributed by atoms with Crippen LogP contribution in [-0.4, -0.2) is 30.4 Å². The topological polar surface area (TPSA) is 12.5 Å². The van der Waals surface area contributed by atoms with Gasteiger partial charge in [0, 0.05) is 0 Å². The predicted octanol–water partition coefficient (Wildman–Crippen LogP) is 0.980. The van der Waals surface area contributed by atoms with E-state index in [0.29, 0.717) is 13.1 Å². The van der Waals surface area contributed by atoms with Gasteiger partial charge in [-0.3, -0.25) is 0 Å². The molecule has 1 aliphatic rings. The summed E-state index contributed by atoms with van der Waals surface area (Å²) in [6.45, 7) is 4.57. The third-order valence-electron chi connectivity index (χ3n) is 1.38. The zero-order valence-corrected chi connectivity index (χ0v) is 5.80. The lowest BCUT2D eigenvalue weighted by atomic mass is 10.3. The molecule has 0 aromatic carbocycles. The molecular formula is C6H12FNO. The minimum Gasteiger partial charge on any atom is -0.373 e. The van der Waals surface area contributed by atoms with Crippen LogP contribution in [0.5, 0.6) is 0 Å². The van der Waals surface area contributed by atoms with Gasteiger partial charge in [-0.05, 0) is 13.8 Å². The average Bonchev–Trinajstić information content (AvgIpc) is 1.59. The SMILES string of the molecule is CC1CN(F)CC(C)O1. The van der Waals surface area contributed by atoms with Gasteiger partial charge in [0.05, 0.1) is 25.3 Å². The summed E-state index contributed by atoms with van der Waals surface area (Å²) >= 11 is 0. The van der Waals surface area contributed by atoms with Gasteiger partial charge in [-0.1, -0.05) is 0 Å². The Bertz CT molecular complexity index is 74.0. The fourth-order valence-corrected chi connectivity index (χ4v) is 1.12. The molecular weight excluding hydrogens is 121 g/mol. The van der Waals surface area contributed by atoms with Crippen molar-refractivity contribution in [2.45, 2.75) is 26.1 Å². The van der Waals surface area contributed by atoms with Crippen molar-refractivity contribution in [3.05, 3.63) is 0 Å². The van der Waals surface area contributed by atoms with Crippen LogP contribution in [-0.2, 0) is 4.74 Å². The Balaban J connectivity index is 2.34.